The van der Waals surface area contributed by atoms with Crippen LogP contribution in [0.1, 0.15) is 40.0 Å². The van der Waals surface area contributed by atoms with E-state index >= 15 is 0 Å². The highest BCUT2D eigenvalue weighted by Gasteiger charge is 2.53. The summed E-state index contributed by atoms with van der Waals surface area (Å²) in [6, 6.07) is 2.73. The van der Waals surface area contributed by atoms with E-state index in [0.29, 0.717) is 6.54 Å². The van der Waals surface area contributed by atoms with Crippen molar-refractivity contribution >= 4 is 10.0 Å². The minimum Gasteiger partial charge on any atom is -0.207 e. The van der Waals surface area contributed by atoms with Gasteiger partial charge in [0.1, 0.15) is 0 Å². The molecule has 1 saturated carbocycles. The maximum absolute atomic E-state index is 13.4. The number of fused-ring (bicyclic) bond motifs is 2. The fourth-order valence-electron chi connectivity index (χ4n) is 4.46. The van der Waals surface area contributed by atoms with E-state index < -0.39 is 21.7 Å². The molecule has 6 heteroatoms. The van der Waals surface area contributed by atoms with Crippen molar-refractivity contribution in [2.45, 2.75) is 51.0 Å². The minimum absolute atomic E-state index is 0.0436. The number of nitrogens with zero attached hydrogens (tertiary/aromatic N) is 1. The molecule has 1 aromatic rings. The Kier molecular flexibility index (Phi) is 3.42. The van der Waals surface area contributed by atoms with Gasteiger partial charge in [-0.1, -0.05) is 20.8 Å². The molecule has 0 amide bonds. The normalized spacial score (nSPS) is 31.4. The van der Waals surface area contributed by atoms with Crippen molar-refractivity contribution in [2.75, 3.05) is 6.54 Å². The molecule has 3 rings (SSSR count). The van der Waals surface area contributed by atoms with Crippen LogP contribution in [0.15, 0.2) is 23.1 Å². The smallest absolute Gasteiger partial charge is 0.207 e. The van der Waals surface area contributed by atoms with Crippen LogP contribution in [0.2, 0.25) is 0 Å². The first-order valence-electron chi connectivity index (χ1n) is 7.49. The molecule has 0 spiro atoms. The predicted octanol–water partition coefficient (Wildman–Crippen LogP) is 3.55. The van der Waals surface area contributed by atoms with Gasteiger partial charge in [-0.15, -0.1) is 0 Å². The second kappa shape index (κ2) is 4.74. The minimum atomic E-state index is -3.79. The van der Waals surface area contributed by atoms with Crippen molar-refractivity contribution in [3.05, 3.63) is 29.8 Å². The SMILES string of the molecule is CC1(C)CC2CC(C)(CN2S(=O)(=O)c2ccc(F)c(F)c2)C1. The van der Waals surface area contributed by atoms with E-state index in [1.165, 1.54) is 4.31 Å². The molecule has 0 radical (unpaired) electrons. The van der Waals surface area contributed by atoms with Gasteiger partial charge in [-0.3, -0.25) is 0 Å². The molecule has 122 valence electrons. The lowest BCUT2D eigenvalue weighted by Crippen LogP contribution is -2.37. The average molecular weight is 329 g/mol. The largest absolute Gasteiger partial charge is 0.243 e. The molecule has 2 aliphatic rings. The van der Waals surface area contributed by atoms with Gasteiger partial charge >= 0.3 is 0 Å². The summed E-state index contributed by atoms with van der Waals surface area (Å²) in [5.41, 5.74) is 0.0496. The Hall–Kier alpha value is -1.01. The Balaban J connectivity index is 1.98. The molecule has 2 fully saturated rings. The van der Waals surface area contributed by atoms with Crippen LogP contribution in [-0.2, 0) is 10.0 Å². The number of rotatable bonds is 2. The van der Waals surface area contributed by atoms with Crippen LogP contribution in [0.4, 0.5) is 8.78 Å². The number of hydrogen-bond donors (Lipinski definition) is 0. The van der Waals surface area contributed by atoms with Crippen molar-refractivity contribution in [2.24, 2.45) is 10.8 Å². The van der Waals surface area contributed by atoms with Crippen molar-refractivity contribution in [3.63, 3.8) is 0 Å². The van der Waals surface area contributed by atoms with Gasteiger partial charge in [0, 0.05) is 12.6 Å². The average Bonchev–Trinajstić information content (AvgIpc) is 2.62. The zero-order chi connectivity index (χ0) is 16.3. The van der Waals surface area contributed by atoms with Crippen molar-refractivity contribution in [1.82, 2.24) is 4.31 Å². The number of hydrogen-bond acceptors (Lipinski definition) is 2. The summed E-state index contributed by atoms with van der Waals surface area (Å²) in [7, 11) is -3.79. The maximum atomic E-state index is 13.4. The van der Waals surface area contributed by atoms with E-state index in [1.54, 1.807) is 0 Å². The van der Waals surface area contributed by atoms with E-state index in [4.69, 9.17) is 0 Å². The van der Waals surface area contributed by atoms with Gasteiger partial charge in [0.25, 0.3) is 0 Å². The highest BCUT2D eigenvalue weighted by molar-refractivity contribution is 7.89. The van der Waals surface area contributed by atoms with Crippen molar-refractivity contribution < 1.29 is 17.2 Å². The second-order valence-corrected chi connectivity index (χ2v) is 9.73. The lowest BCUT2D eigenvalue weighted by molar-refractivity contribution is 0.133. The van der Waals surface area contributed by atoms with Gasteiger partial charge in [0.15, 0.2) is 11.6 Å². The molecular formula is C16H21F2NO2S. The summed E-state index contributed by atoms with van der Waals surface area (Å²) in [6.45, 7) is 6.88. The zero-order valence-electron chi connectivity index (χ0n) is 13.1. The third-order valence-corrected chi connectivity index (χ3v) is 6.76. The topological polar surface area (TPSA) is 37.4 Å². The van der Waals surface area contributed by atoms with Gasteiger partial charge in [-0.25, -0.2) is 17.2 Å². The highest BCUT2D eigenvalue weighted by atomic mass is 32.2. The zero-order valence-corrected chi connectivity index (χ0v) is 13.9. The van der Waals surface area contributed by atoms with Crippen LogP contribution < -0.4 is 0 Å². The number of benzene rings is 1. The van der Waals surface area contributed by atoms with E-state index in [1.807, 2.05) is 0 Å². The Morgan fingerprint density at radius 2 is 1.82 bits per heavy atom. The van der Waals surface area contributed by atoms with Crippen molar-refractivity contribution in [1.29, 1.82) is 0 Å². The molecule has 0 N–H and O–H groups in total. The molecule has 2 atom stereocenters. The van der Waals surface area contributed by atoms with E-state index in [-0.39, 0.29) is 21.8 Å². The summed E-state index contributed by atoms with van der Waals surface area (Å²) in [5.74, 6) is -2.16. The van der Waals surface area contributed by atoms with Crippen molar-refractivity contribution in [3.8, 4) is 0 Å². The quantitative estimate of drug-likeness (QED) is 0.832. The van der Waals surface area contributed by atoms with Gasteiger partial charge in [0.05, 0.1) is 4.90 Å². The third-order valence-electron chi connectivity index (χ3n) is 4.86. The lowest BCUT2D eigenvalue weighted by atomic mass is 9.65. The van der Waals surface area contributed by atoms with E-state index in [9.17, 15) is 17.2 Å². The predicted molar refractivity (Wildman–Crippen MR) is 79.8 cm³/mol. The maximum Gasteiger partial charge on any atom is 0.243 e. The molecule has 1 aromatic carbocycles. The standard InChI is InChI=1S/C16H21F2NO2S/c1-15(2)7-11-8-16(3,9-15)10-19(11)22(20,21)12-4-5-13(17)14(18)6-12/h4-6,11H,7-10H2,1-3H3. The summed E-state index contributed by atoms with van der Waals surface area (Å²) in [4.78, 5) is -0.166. The van der Waals surface area contributed by atoms with Crippen LogP contribution >= 0.6 is 0 Å². The van der Waals surface area contributed by atoms with Crippen LogP contribution in [0.25, 0.3) is 0 Å². The molecule has 1 heterocycles. The van der Waals surface area contributed by atoms with Crippen LogP contribution in [-0.4, -0.2) is 25.3 Å². The highest BCUT2D eigenvalue weighted by Crippen LogP contribution is 2.53. The number of halogens is 2. The molecule has 1 saturated heterocycles. The first-order chi connectivity index (χ1) is 10.0. The first kappa shape index (κ1) is 15.9. The van der Waals surface area contributed by atoms with Gasteiger partial charge in [0.2, 0.25) is 10.0 Å². The molecule has 22 heavy (non-hydrogen) atoms. The Bertz CT molecular complexity index is 717. The number of sulfonamides is 1. The molecular weight excluding hydrogens is 308 g/mol. The molecule has 2 unspecified atom stereocenters. The first-order valence-corrected chi connectivity index (χ1v) is 8.93. The fourth-order valence-corrected chi connectivity index (χ4v) is 6.25. The third kappa shape index (κ3) is 2.56. The monoisotopic (exact) mass is 329 g/mol. The Morgan fingerprint density at radius 3 is 2.45 bits per heavy atom. The second-order valence-electron chi connectivity index (χ2n) is 7.84. The molecule has 1 aliphatic heterocycles. The van der Waals surface area contributed by atoms with Gasteiger partial charge in [-0.05, 0) is 48.3 Å². The van der Waals surface area contributed by atoms with Crippen LogP contribution in [0, 0.1) is 22.5 Å². The van der Waals surface area contributed by atoms with Crippen LogP contribution in [0.5, 0.6) is 0 Å². The fraction of sp³-hybridized carbons (Fsp3) is 0.625. The summed E-state index contributed by atoms with van der Waals surface area (Å²) < 4.78 is 53.6. The molecule has 2 bridgehead atoms. The van der Waals surface area contributed by atoms with Crippen LogP contribution in [0.3, 0.4) is 0 Å². The lowest BCUT2D eigenvalue weighted by Gasteiger charge is -2.39. The summed E-state index contributed by atoms with van der Waals surface area (Å²) in [5, 5.41) is 0. The van der Waals surface area contributed by atoms with E-state index in [2.05, 4.69) is 20.8 Å². The molecule has 1 aliphatic carbocycles. The van der Waals surface area contributed by atoms with Gasteiger partial charge in [-0.2, -0.15) is 4.31 Å². The van der Waals surface area contributed by atoms with E-state index in [0.717, 1.165) is 37.5 Å². The summed E-state index contributed by atoms with van der Waals surface area (Å²) >= 11 is 0. The Labute approximate surface area is 130 Å². The molecule has 0 aromatic heterocycles. The molecule has 3 nitrogen and oxygen atoms in total. The Morgan fingerprint density at radius 1 is 1.14 bits per heavy atom. The summed E-state index contributed by atoms with van der Waals surface area (Å²) in [6.07, 6.45) is 2.60. The van der Waals surface area contributed by atoms with Gasteiger partial charge < -0.3 is 0 Å².